The fourth-order valence-electron chi connectivity index (χ4n) is 3.42. The van der Waals surface area contributed by atoms with E-state index in [9.17, 15) is 13.6 Å². The molecular weight excluding hydrogens is 346 g/mol. The first-order valence-electron chi connectivity index (χ1n) is 8.76. The number of fused-ring (bicyclic) bond motifs is 1. The lowest BCUT2D eigenvalue weighted by Gasteiger charge is -2.38. The second-order valence-corrected chi connectivity index (χ2v) is 6.59. The maximum absolute atomic E-state index is 13.6. The van der Waals surface area contributed by atoms with E-state index in [-0.39, 0.29) is 12.3 Å². The molecule has 0 aliphatic carbocycles. The van der Waals surface area contributed by atoms with Gasteiger partial charge in [0.05, 0.1) is 11.4 Å². The lowest BCUT2D eigenvalue weighted by Crippen LogP contribution is -2.49. The molecule has 1 amide bonds. The van der Waals surface area contributed by atoms with Gasteiger partial charge in [-0.2, -0.15) is 0 Å². The van der Waals surface area contributed by atoms with Gasteiger partial charge < -0.3 is 10.2 Å². The average Bonchev–Trinajstić information content (AvgIpc) is 2.68. The topological polar surface area (TPSA) is 32.3 Å². The van der Waals surface area contributed by atoms with Gasteiger partial charge in [0.25, 0.3) is 0 Å². The van der Waals surface area contributed by atoms with Crippen LogP contribution in [0.1, 0.15) is 11.1 Å². The molecule has 1 heterocycles. The second kappa shape index (κ2) is 7.19. The highest BCUT2D eigenvalue weighted by Gasteiger charge is 2.33. The van der Waals surface area contributed by atoms with E-state index in [0.29, 0.717) is 12.1 Å². The predicted molar refractivity (Wildman–Crippen MR) is 102 cm³/mol. The van der Waals surface area contributed by atoms with Crippen LogP contribution in [0.2, 0.25) is 0 Å². The summed E-state index contributed by atoms with van der Waals surface area (Å²) in [6.45, 7) is 0.541. The minimum absolute atomic E-state index is 0.158. The number of para-hydroxylation sites is 2. The number of hydrogen-bond acceptors (Lipinski definition) is 2. The van der Waals surface area contributed by atoms with Crippen molar-refractivity contribution in [2.24, 2.45) is 0 Å². The summed E-state index contributed by atoms with van der Waals surface area (Å²) in [7, 11) is 0. The van der Waals surface area contributed by atoms with Crippen LogP contribution in [0.5, 0.6) is 0 Å². The molecule has 1 aliphatic rings. The van der Waals surface area contributed by atoms with Gasteiger partial charge in [-0.05, 0) is 35.4 Å². The molecule has 27 heavy (non-hydrogen) atoms. The number of anilines is 2. The highest BCUT2D eigenvalue weighted by atomic mass is 19.2. The van der Waals surface area contributed by atoms with E-state index in [2.05, 4.69) is 5.32 Å². The van der Waals surface area contributed by atoms with E-state index in [1.165, 1.54) is 6.07 Å². The first-order chi connectivity index (χ1) is 13.1. The van der Waals surface area contributed by atoms with E-state index in [1.54, 1.807) is 0 Å². The smallest absolute Gasteiger partial charge is 0.247 e. The maximum atomic E-state index is 13.6. The quantitative estimate of drug-likeness (QED) is 0.737. The standard InChI is InChI=1S/C22H18F2N2O/c23-17-11-10-16(12-18(17)24)13-21-22(27)25-19-8-4-5-9-20(19)26(21)14-15-6-2-1-3-7-15/h1-12,21H,13-14H2,(H,25,27). The fraction of sp³-hybridized carbons (Fsp3) is 0.136. The normalized spacial score (nSPS) is 16.0. The number of nitrogens with zero attached hydrogens (tertiary/aromatic N) is 1. The van der Waals surface area contributed by atoms with Crippen molar-refractivity contribution in [3.05, 3.63) is 95.6 Å². The van der Waals surface area contributed by atoms with Crippen molar-refractivity contribution in [2.75, 3.05) is 10.2 Å². The SMILES string of the molecule is O=C1Nc2ccccc2N(Cc2ccccc2)C1Cc1ccc(F)c(F)c1. The molecule has 1 unspecified atom stereocenters. The first kappa shape index (κ1) is 17.2. The Morgan fingerprint density at radius 2 is 1.59 bits per heavy atom. The molecule has 0 saturated carbocycles. The molecule has 0 radical (unpaired) electrons. The van der Waals surface area contributed by atoms with E-state index in [0.717, 1.165) is 29.1 Å². The Morgan fingerprint density at radius 1 is 0.852 bits per heavy atom. The Labute approximate surface area is 156 Å². The molecule has 4 rings (SSSR count). The minimum Gasteiger partial charge on any atom is -0.353 e. The van der Waals surface area contributed by atoms with Gasteiger partial charge >= 0.3 is 0 Å². The molecular formula is C22H18F2N2O. The summed E-state index contributed by atoms with van der Waals surface area (Å²) in [6, 6.07) is 20.7. The van der Waals surface area contributed by atoms with Crippen molar-refractivity contribution in [1.29, 1.82) is 0 Å². The maximum Gasteiger partial charge on any atom is 0.247 e. The second-order valence-electron chi connectivity index (χ2n) is 6.59. The monoisotopic (exact) mass is 364 g/mol. The number of halogens is 2. The van der Waals surface area contributed by atoms with Crippen LogP contribution in [0.15, 0.2) is 72.8 Å². The molecule has 3 aromatic rings. The number of rotatable bonds is 4. The van der Waals surface area contributed by atoms with Crippen LogP contribution in [0.4, 0.5) is 20.2 Å². The summed E-state index contributed by atoms with van der Waals surface area (Å²) in [6.07, 6.45) is 0.282. The zero-order valence-electron chi connectivity index (χ0n) is 14.5. The lowest BCUT2D eigenvalue weighted by atomic mass is 9.99. The predicted octanol–water partition coefficient (Wildman–Crippen LogP) is 4.53. The van der Waals surface area contributed by atoms with E-state index >= 15 is 0 Å². The zero-order chi connectivity index (χ0) is 18.8. The lowest BCUT2D eigenvalue weighted by molar-refractivity contribution is -0.117. The number of carbonyl (C=O) groups is 1. The summed E-state index contributed by atoms with van der Waals surface area (Å²) in [4.78, 5) is 14.8. The van der Waals surface area contributed by atoms with Gasteiger partial charge in [0.15, 0.2) is 11.6 Å². The van der Waals surface area contributed by atoms with Crippen molar-refractivity contribution in [2.45, 2.75) is 19.0 Å². The minimum atomic E-state index is -0.904. The van der Waals surface area contributed by atoms with Crippen LogP contribution in [0.3, 0.4) is 0 Å². The van der Waals surface area contributed by atoms with Gasteiger partial charge in [0.2, 0.25) is 5.91 Å². The molecule has 1 N–H and O–H groups in total. The molecule has 1 aliphatic heterocycles. The third-order valence-electron chi connectivity index (χ3n) is 4.76. The van der Waals surface area contributed by atoms with E-state index in [4.69, 9.17) is 0 Å². The van der Waals surface area contributed by atoms with Crippen LogP contribution in [-0.2, 0) is 17.8 Å². The Bertz CT molecular complexity index is 975. The molecule has 0 fully saturated rings. The largest absolute Gasteiger partial charge is 0.353 e. The Morgan fingerprint density at radius 3 is 2.37 bits per heavy atom. The molecule has 3 nitrogen and oxygen atoms in total. The van der Waals surface area contributed by atoms with Gasteiger partial charge in [-0.1, -0.05) is 48.5 Å². The van der Waals surface area contributed by atoms with Crippen LogP contribution >= 0.6 is 0 Å². The van der Waals surface area contributed by atoms with Crippen molar-refractivity contribution in [1.82, 2.24) is 0 Å². The third kappa shape index (κ3) is 3.53. The van der Waals surface area contributed by atoms with E-state index < -0.39 is 17.7 Å². The van der Waals surface area contributed by atoms with Crippen molar-refractivity contribution in [3.8, 4) is 0 Å². The van der Waals surface area contributed by atoms with Gasteiger partial charge in [-0.25, -0.2) is 8.78 Å². The van der Waals surface area contributed by atoms with Crippen LogP contribution in [0, 0.1) is 11.6 Å². The van der Waals surface area contributed by atoms with Gasteiger partial charge in [-0.3, -0.25) is 4.79 Å². The van der Waals surface area contributed by atoms with Crippen LogP contribution in [-0.4, -0.2) is 11.9 Å². The Balaban J connectivity index is 1.70. The number of benzene rings is 3. The van der Waals surface area contributed by atoms with Crippen LogP contribution in [0.25, 0.3) is 0 Å². The van der Waals surface area contributed by atoms with Crippen molar-refractivity contribution in [3.63, 3.8) is 0 Å². The summed E-state index contributed by atoms with van der Waals surface area (Å²) in [5, 5.41) is 2.92. The molecule has 0 spiro atoms. The number of amides is 1. The molecule has 1 atom stereocenters. The molecule has 0 saturated heterocycles. The summed E-state index contributed by atoms with van der Waals surface area (Å²) in [5.41, 5.74) is 3.30. The number of carbonyl (C=O) groups excluding carboxylic acids is 1. The summed E-state index contributed by atoms with van der Waals surface area (Å²) in [5.74, 6) is -1.95. The summed E-state index contributed by atoms with van der Waals surface area (Å²) >= 11 is 0. The number of hydrogen-bond donors (Lipinski definition) is 1. The number of nitrogens with one attached hydrogen (secondary N) is 1. The molecule has 3 aromatic carbocycles. The van der Waals surface area contributed by atoms with Crippen LogP contribution < -0.4 is 10.2 Å². The zero-order valence-corrected chi connectivity index (χ0v) is 14.5. The van der Waals surface area contributed by atoms with Crippen molar-refractivity contribution < 1.29 is 13.6 Å². The Kier molecular flexibility index (Phi) is 4.59. The van der Waals surface area contributed by atoms with Gasteiger partial charge in [0.1, 0.15) is 6.04 Å². The Hall–Kier alpha value is -3.21. The van der Waals surface area contributed by atoms with Crippen molar-refractivity contribution >= 4 is 17.3 Å². The molecule has 0 bridgehead atoms. The average molecular weight is 364 g/mol. The molecule has 0 aromatic heterocycles. The first-order valence-corrected chi connectivity index (χ1v) is 8.76. The third-order valence-corrected chi connectivity index (χ3v) is 4.76. The summed E-state index contributed by atoms with van der Waals surface area (Å²) < 4.78 is 26.9. The van der Waals surface area contributed by atoms with E-state index in [1.807, 2.05) is 59.5 Å². The van der Waals surface area contributed by atoms with Gasteiger partial charge in [-0.15, -0.1) is 0 Å². The fourth-order valence-corrected chi connectivity index (χ4v) is 3.42. The highest BCUT2D eigenvalue weighted by molar-refractivity contribution is 6.03. The molecule has 136 valence electrons. The van der Waals surface area contributed by atoms with Gasteiger partial charge in [0, 0.05) is 13.0 Å². The molecule has 5 heteroatoms. The highest BCUT2D eigenvalue weighted by Crippen LogP contribution is 2.34.